The fourth-order valence-corrected chi connectivity index (χ4v) is 1.38. The Morgan fingerprint density at radius 1 is 1.33 bits per heavy atom. The van der Waals surface area contributed by atoms with Crippen LogP contribution in [0.2, 0.25) is 0 Å². The number of alkyl halides is 2. The van der Waals surface area contributed by atoms with E-state index in [1.54, 1.807) is 26.0 Å². The largest absolute Gasteiger partial charge is 0.387 e. The second kappa shape index (κ2) is 4.68. The number of nitrogens with two attached hydrogens (primary N) is 1. The van der Waals surface area contributed by atoms with Crippen LogP contribution >= 0.6 is 0 Å². The van der Waals surface area contributed by atoms with Crippen molar-refractivity contribution in [3.05, 3.63) is 34.9 Å². The van der Waals surface area contributed by atoms with Gasteiger partial charge >= 0.3 is 0 Å². The lowest BCUT2D eigenvalue weighted by Crippen LogP contribution is -2.24. The SMILES string of the molecule is Cc1ccc(C(O)C(C)N)cc1C(F)F. The molecule has 0 saturated heterocycles. The van der Waals surface area contributed by atoms with Gasteiger partial charge in [0.15, 0.2) is 0 Å². The minimum Gasteiger partial charge on any atom is -0.387 e. The van der Waals surface area contributed by atoms with E-state index in [4.69, 9.17) is 5.73 Å². The van der Waals surface area contributed by atoms with Crippen molar-refractivity contribution >= 4 is 0 Å². The fourth-order valence-electron chi connectivity index (χ4n) is 1.38. The zero-order chi connectivity index (χ0) is 11.6. The number of aryl methyl sites for hydroxylation is 1. The second-order valence-corrected chi connectivity index (χ2v) is 3.72. The van der Waals surface area contributed by atoms with E-state index < -0.39 is 18.6 Å². The highest BCUT2D eigenvalue weighted by atomic mass is 19.3. The average Bonchev–Trinajstić information content (AvgIpc) is 2.16. The molecular formula is C11H15F2NO. The molecule has 1 aromatic rings. The third-order valence-corrected chi connectivity index (χ3v) is 2.38. The summed E-state index contributed by atoms with van der Waals surface area (Å²) in [7, 11) is 0. The quantitative estimate of drug-likeness (QED) is 0.812. The molecule has 2 nitrogen and oxygen atoms in total. The molecule has 1 rings (SSSR count). The molecule has 15 heavy (non-hydrogen) atoms. The van der Waals surface area contributed by atoms with Gasteiger partial charge in [0, 0.05) is 11.6 Å². The summed E-state index contributed by atoms with van der Waals surface area (Å²) in [5.74, 6) is 0. The van der Waals surface area contributed by atoms with Crippen molar-refractivity contribution in [2.24, 2.45) is 5.73 Å². The highest BCUT2D eigenvalue weighted by Gasteiger charge is 2.16. The van der Waals surface area contributed by atoms with Gasteiger partial charge in [0.25, 0.3) is 6.43 Å². The first-order chi connectivity index (χ1) is 6.93. The van der Waals surface area contributed by atoms with Crippen LogP contribution in [0.4, 0.5) is 8.78 Å². The van der Waals surface area contributed by atoms with Crippen LogP contribution < -0.4 is 5.73 Å². The lowest BCUT2D eigenvalue weighted by molar-refractivity contribution is 0.144. The van der Waals surface area contributed by atoms with Crippen LogP contribution in [0.3, 0.4) is 0 Å². The monoisotopic (exact) mass is 215 g/mol. The molecule has 0 aliphatic rings. The van der Waals surface area contributed by atoms with Gasteiger partial charge < -0.3 is 10.8 Å². The molecule has 0 saturated carbocycles. The predicted molar refractivity (Wildman–Crippen MR) is 54.7 cm³/mol. The van der Waals surface area contributed by atoms with E-state index in [1.807, 2.05) is 0 Å². The highest BCUT2D eigenvalue weighted by Crippen LogP contribution is 2.26. The molecule has 0 heterocycles. The summed E-state index contributed by atoms with van der Waals surface area (Å²) in [6, 6.07) is 4.03. The number of aliphatic hydroxyl groups is 1. The van der Waals surface area contributed by atoms with E-state index in [9.17, 15) is 13.9 Å². The first-order valence-electron chi connectivity index (χ1n) is 4.75. The van der Waals surface area contributed by atoms with Gasteiger partial charge in [-0.25, -0.2) is 8.78 Å². The molecule has 3 N–H and O–H groups in total. The van der Waals surface area contributed by atoms with Crippen molar-refractivity contribution in [2.75, 3.05) is 0 Å². The summed E-state index contributed by atoms with van der Waals surface area (Å²) >= 11 is 0. The van der Waals surface area contributed by atoms with Crippen molar-refractivity contribution in [1.82, 2.24) is 0 Å². The third kappa shape index (κ3) is 2.73. The molecule has 2 atom stereocenters. The van der Waals surface area contributed by atoms with Gasteiger partial charge in [-0.3, -0.25) is 0 Å². The second-order valence-electron chi connectivity index (χ2n) is 3.72. The van der Waals surface area contributed by atoms with Crippen molar-refractivity contribution < 1.29 is 13.9 Å². The molecule has 1 aromatic carbocycles. The predicted octanol–water partition coefficient (Wildman–Crippen LogP) is 2.31. The molecule has 84 valence electrons. The van der Waals surface area contributed by atoms with Crippen molar-refractivity contribution in [3.8, 4) is 0 Å². The lowest BCUT2D eigenvalue weighted by Gasteiger charge is -2.16. The summed E-state index contributed by atoms with van der Waals surface area (Å²) in [5.41, 5.74) is 6.40. The third-order valence-electron chi connectivity index (χ3n) is 2.38. The van der Waals surface area contributed by atoms with Gasteiger partial charge in [0.1, 0.15) is 0 Å². The van der Waals surface area contributed by atoms with Gasteiger partial charge in [-0.1, -0.05) is 12.1 Å². The van der Waals surface area contributed by atoms with Crippen LogP contribution in [-0.2, 0) is 0 Å². The molecule has 0 aliphatic carbocycles. The summed E-state index contributed by atoms with van der Waals surface area (Å²) in [4.78, 5) is 0. The van der Waals surface area contributed by atoms with Crippen LogP contribution in [0.15, 0.2) is 18.2 Å². The Morgan fingerprint density at radius 2 is 1.93 bits per heavy atom. The molecule has 0 spiro atoms. The molecule has 0 amide bonds. The van der Waals surface area contributed by atoms with Crippen LogP contribution in [-0.4, -0.2) is 11.1 Å². The molecule has 4 heteroatoms. The summed E-state index contributed by atoms with van der Waals surface area (Å²) in [6.45, 7) is 3.25. The van der Waals surface area contributed by atoms with E-state index in [0.717, 1.165) is 0 Å². The number of aliphatic hydroxyl groups excluding tert-OH is 1. The fraction of sp³-hybridized carbons (Fsp3) is 0.455. The molecule has 0 bridgehead atoms. The number of halogens is 2. The molecule has 0 aliphatic heterocycles. The normalized spacial score (nSPS) is 15.4. The van der Waals surface area contributed by atoms with E-state index in [2.05, 4.69) is 0 Å². The molecule has 2 unspecified atom stereocenters. The first kappa shape index (κ1) is 12.1. The summed E-state index contributed by atoms with van der Waals surface area (Å²) in [5, 5.41) is 9.62. The number of hydrogen-bond donors (Lipinski definition) is 2. The Bertz CT molecular complexity index is 339. The summed E-state index contributed by atoms with van der Waals surface area (Å²) in [6.07, 6.45) is -3.42. The smallest absolute Gasteiger partial charge is 0.264 e. The maximum absolute atomic E-state index is 12.6. The maximum atomic E-state index is 12.6. The molecular weight excluding hydrogens is 200 g/mol. The van der Waals surface area contributed by atoms with Crippen LogP contribution in [0.25, 0.3) is 0 Å². The van der Waals surface area contributed by atoms with Gasteiger partial charge in [0.2, 0.25) is 0 Å². The minimum absolute atomic E-state index is 0.0489. The maximum Gasteiger partial charge on any atom is 0.264 e. The topological polar surface area (TPSA) is 46.2 Å². The van der Waals surface area contributed by atoms with Crippen LogP contribution in [0, 0.1) is 6.92 Å². The standard InChI is InChI=1S/C11H15F2NO/c1-6-3-4-8(10(15)7(2)14)5-9(6)11(12)13/h3-5,7,10-11,15H,14H2,1-2H3. The van der Waals surface area contributed by atoms with Crippen LogP contribution in [0.5, 0.6) is 0 Å². The zero-order valence-electron chi connectivity index (χ0n) is 8.74. The number of benzene rings is 1. The molecule has 0 aromatic heterocycles. The Morgan fingerprint density at radius 3 is 2.40 bits per heavy atom. The Kier molecular flexibility index (Phi) is 3.77. The van der Waals surface area contributed by atoms with Crippen molar-refractivity contribution in [2.45, 2.75) is 32.4 Å². The number of rotatable bonds is 3. The molecule has 0 fully saturated rings. The lowest BCUT2D eigenvalue weighted by atomic mass is 9.99. The van der Waals surface area contributed by atoms with E-state index in [1.165, 1.54) is 6.07 Å². The average molecular weight is 215 g/mol. The molecule has 0 radical (unpaired) electrons. The number of hydrogen-bond acceptors (Lipinski definition) is 2. The highest BCUT2D eigenvalue weighted by molar-refractivity contribution is 5.33. The first-order valence-corrected chi connectivity index (χ1v) is 4.75. The van der Waals surface area contributed by atoms with Gasteiger partial charge in [-0.05, 0) is 31.0 Å². The van der Waals surface area contributed by atoms with E-state index in [0.29, 0.717) is 11.1 Å². The minimum atomic E-state index is -2.52. The van der Waals surface area contributed by atoms with Crippen molar-refractivity contribution in [3.63, 3.8) is 0 Å². The van der Waals surface area contributed by atoms with Gasteiger partial charge in [-0.2, -0.15) is 0 Å². The van der Waals surface area contributed by atoms with Crippen molar-refractivity contribution in [1.29, 1.82) is 0 Å². The van der Waals surface area contributed by atoms with Crippen LogP contribution in [0.1, 0.15) is 36.1 Å². The Hall–Kier alpha value is -1.00. The van der Waals surface area contributed by atoms with E-state index in [-0.39, 0.29) is 5.56 Å². The Labute approximate surface area is 87.7 Å². The van der Waals surface area contributed by atoms with Gasteiger partial charge in [0.05, 0.1) is 6.10 Å². The zero-order valence-corrected chi connectivity index (χ0v) is 8.74. The van der Waals surface area contributed by atoms with Gasteiger partial charge in [-0.15, -0.1) is 0 Å². The summed E-state index contributed by atoms with van der Waals surface area (Å²) < 4.78 is 25.1. The van der Waals surface area contributed by atoms with E-state index >= 15 is 0 Å². The Balaban J connectivity index is 3.07.